The molecule has 0 aromatic heterocycles. The average Bonchev–Trinajstić information content (AvgIpc) is 2.27. The van der Waals surface area contributed by atoms with Crippen LogP contribution in [-0.2, 0) is 16.4 Å². The van der Waals surface area contributed by atoms with Gasteiger partial charge in [0.15, 0.2) is 0 Å². The van der Waals surface area contributed by atoms with E-state index in [1.807, 2.05) is 30.3 Å². The van der Waals surface area contributed by atoms with Crippen LogP contribution in [0.2, 0.25) is 0 Å². The van der Waals surface area contributed by atoms with Gasteiger partial charge in [-0.05, 0) is 12.0 Å². The van der Waals surface area contributed by atoms with Crippen LogP contribution in [0.1, 0.15) is 5.56 Å². The van der Waals surface area contributed by atoms with Gasteiger partial charge in [0.2, 0.25) is 10.0 Å². The molecule has 0 radical (unpaired) electrons. The maximum Gasteiger partial charge on any atom is 0.216 e. The van der Waals surface area contributed by atoms with Crippen LogP contribution in [-0.4, -0.2) is 43.8 Å². The summed E-state index contributed by atoms with van der Waals surface area (Å²) in [6.07, 6.45) is 0.683. The van der Waals surface area contributed by atoms with Gasteiger partial charge < -0.3 is 5.11 Å². The van der Waals surface area contributed by atoms with Crippen molar-refractivity contribution in [3.05, 3.63) is 35.9 Å². The Hall–Kier alpha value is -0.910. The Morgan fingerprint density at radius 1 is 1.25 bits per heavy atom. The predicted molar refractivity (Wildman–Crippen MR) is 63.6 cm³/mol. The third kappa shape index (κ3) is 3.92. The summed E-state index contributed by atoms with van der Waals surface area (Å²) in [5.41, 5.74) is 1.11. The van der Waals surface area contributed by atoms with E-state index in [2.05, 4.69) is 0 Å². The molecule has 1 aromatic carbocycles. The van der Waals surface area contributed by atoms with Gasteiger partial charge in [-0.1, -0.05) is 30.3 Å². The zero-order chi connectivity index (χ0) is 12.0. The number of aliphatic hydroxyl groups excluding tert-OH is 1. The summed E-state index contributed by atoms with van der Waals surface area (Å²) >= 11 is 0. The van der Waals surface area contributed by atoms with Crippen molar-refractivity contribution in [1.82, 2.24) is 4.31 Å². The minimum absolute atomic E-state index is 0.210. The van der Waals surface area contributed by atoms with Crippen LogP contribution in [0.5, 0.6) is 0 Å². The van der Waals surface area contributed by atoms with Crippen LogP contribution in [0, 0.1) is 0 Å². The smallest absolute Gasteiger partial charge is 0.216 e. The van der Waals surface area contributed by atoms with Crippen molar-refractivity contribution in [2.75, 3.05) is 26.0 Å². The monoisotopic (exact) mass is 243 g/mol. The van der Waals surface area contributed by atoms with Crippen molar-refractivity contribution >= 4 is 10.0 Å². The molecule has 1 aromatic rings. The topological polar surface area (TPSA) is 57.6 Å². The number of aliphatic hydroxyl groups is 1. The highest BCUT2D eigenvalue weighted by molar-refractivity contribution is 7.89. The highest BCUT2D eigenvalue weighted by Crippen LogP contribution is 2.03. The third-order valence-electron chi connectivity index (χ3n) is 2.38. The first kappa shape index (κ1) is 13.2. The third-order valence-corrected chi connectivity index (χ3v) is 4.21. The Balaban J connectivity index is 2.50. The molecule has 0 aliphatic heterocycles. The molecule has 16 heavy (non-hydrogen) atoms. The van der Waals surface area contributed by atoms with E-state index in [1.54, 1.807) is 0 Å². The van der Waals surface area contributed by atoms with Crippen molar-refractivity contribution in [1.29, 1.82) is 0 Å². The zero-order valence-corrected chi connectivity index (χ0v) is 10.2. The van der Waals surface area contributed by atoms with Gasteiger partial charge >= 0.3 is 0 Å². The molecule has 4 nitrogen and oxygen atoms in total. The van der Waals surface area contributed by atoms with E-state index in [0.717, 1.165) is 5.56 Å². The van der Waals surface area contributed by atoms with Gasteiger partial charge in [-0.15, -0.1) is 0 Å². The number of hydrogen-bond acceptors (Lipinski definition) is 3. The van der Waals surface area contributed by atoms with Crippen LogP contribution in [0.15, 0.2) is 30.3 Å². The van der Waals surface area contributed by atoms with E-state index >= 15 is 0 Å². The lowest BCUT2D eigenvalue weighted by Crippen LogP contribution is -2.32. The first-order valence-corrected chi connectivity index (χ1v) is 6.76. The molecule has 0 aliphatic carbocycles. The number of hydrogen-bond donors (Lipinski definition) is 1. The van der Waals surface area contributed by atoms with Gasteiger partial charge in [0, 0.05) is 13.6 Å². The minimum Gasteiger partial charge on any atom is -0.395 e. The standard InChI is InChI=1S/C11H17NO3S/c1-12(16(14,15)10-9-13)8-7-11-5-3-2-4-6-11/h2-6,13H,7-10H2,1H3. The lowest BCUT2D eigenvalue weighted by atomic mass is 10.2. The van der Waals surface area contributed by atoms with E-state index < -0.39 is 10.0 Å². The molecule has 0 unspecified atom stereocenters. The molecule has 0 bridgehead atoms. The molecule has 0 spiro atoms. The summed E-state index contributed by atoms with van der Waals surface area (Å²) in [7, 11) is -1.76. The van der Waals surface area contributed by atoms with Crippen molar-refractivity contribution in [2.45, 2.75) is 6.42 Å². The number of rotatable bonds is 6. The van der Waals surface area contributed by atoms with Crippen LogP contribution >= 0.6 is 0 Å². The van der Waals surface area contributed by atoms with Crippen LogP contribution in [0.25, 0.3) is 0 Å². The number of sulfonamides is 1. The molecule has 0 saturated heterocycles. The maximum absolute atomic E-state index is 11.5. The summed E-state index contributed by atoms with van der Waals surface area (Å²) in [6.45, 7) is 0.102. The van der Waals surface area contributed by atoms with Crippen molar-refractivity contribution in [3.8, 4) is 0 Å². The van der Waals surface area contributed by atoms with Gasteiger partial charge in [0.1, 0.15) is 0 Å². The van der Waals surface area contributed by atoms with Crippen molar-refractivity contribution < 1.29 is 13.5 Å². The molecule has 0 amide bonds. The summed E-state index contributed by atoms with van der Waals surface area (Å²) < 4.78 is 24.3. The van der Waals surface area contributed by atoms with Crippen molar-refractivity contribution in [2.24, 2.45) is 0 Å². The van der Waals surface area contributed by atoms with Crippen molar-refractivity contribution in [3.63, 3.8) is 0 Å². The predicted octanol–water partition coefficient (Wildman–Crippen LogP) is 0.483. The van der Waals surface area contributed by atoms with E-state index in [0.29, 0.717) is 13.0 Å². The molecule has 1 N–H and O–H groups in total. The lowest BCUT2D eigenvalue weighted by molar-refractivity contribution is 0.316. The molecule has 0 aliphatic rings. The van der Waals surface area contributed by atoms with Gasteiger partial charge in [0.25, 0.3) is 0 Å². The molecule has 90 valence electrons. The maximum atomic E-state index is 11.5. The van der Waals surface area contributed by atoms with E-state index in [4.69, 9.17) is 5.11 Å². The Kier molecular flexibility index (Phi) is 4.92. The fourth-order valence-electron chi connectivity index (χ4n) is 1.34. The average molecular weight is 243 g/mol. The fourth-order valence-corrected chi connectivity index (χ4v) is 2.25. The second-order valence-electron chi connectivity index (χ2n) is 3.60. The van der Waals surface area contributed by atoms with Gasteiger partial charge in [-0.2, -0.15) is 0 Å². The number of nitrogens with zero attached hydrogens (tertiary/aromatic N) is 1. The molecule has 0 fully saturated rings. The van der Waals surface area contributed by atoms with Gasteiger partial charge in [0.05, 0.1) is 12.4 Å². The lowest BCUT2D eigenvalue weighted by Gasteiger charge is -2.16. The van der Waals surface area contributed by atoms with Gasteiger partial charge in [-0.25, -0.2) is 12.7 Å². The highest BCUT2D eigenvalue weighted by atomic mass is 32.2. The second-order valence-corrected chi connectivity index (χ2v) is 5.79. The zero-order valence-electron chi connectivity index (χ0n) is 9.33. The first-order valence-electron chi connectivity index (χ1n) is 5.15. The minimum atomic E-state index is -3.30. The van der Waals surface area contributed by atoms with Crippen LogP contribution in [0.3, 0.4) is 0 Å². The Labute approximate surface area is 96.6 Å². The molecule has 5 heteroatoms. The second kappa shape index (κ2) is 5.98. The number of likely N-dealkylation sites (N-methyl/N-ethyl adjacent to an activating group) is 1. The number of benzene rings is 1. The summed E-state index contributed by atoms with van der Waals surface area (Å²) in [4.78, 5) is 0. The molecular formula is C11H17NO3S. The molecule has 0 atom stereocenters. The molecule has 0 saturated carbocycles. The first-order chi connectivity index (χ1) is 7.56. The SMILES string of the molecule is CN(CCc1ccccc1)S(=O)(=O)CCO. The van der Waals surface area contributed by atoms with E-state index in [1.165, 1.54) is 11.4 Å². The molecular weight excluding hydrogens is 226 g/mol. The van der Waals surface area contributed by atoms with Crippen LogP contribution in [0.4, 0.5) is 0 Å². The summed E-state index contributed by atoms with van der Waals surface area (Å²) in [6, 6.07) is 9.71. The summed E-state index contributed by atoms with van der Waals surface area (Å²) in [5, 5.41) is 8.63. The van der Waals surface area contributed by atoms with Crippen LogP contribution < -0.4 is 0 Å². The summed E-state index contributed by atoms with van der Waals surface area (Å²) in [5.74, 6) is -0.210. The molecule has 1 rings (SSSR count). The largest absolute Gasteiger partial charge is 0.395 e. The molecule has 0 heterocycles. The van der Waals surface area contributed by atoms with E-state index in [-0.39, 0.29) is 12.4 Å². The fraction of sp³-hybridized carbons (Fsp3) is 0.455. The quantitative estimate of drug-likeness (QED) is 0.791. The Morgan fingerprint density at radius 2 is 1.88 bits per heavy atom. The Morgan fingerprint density at radius 3 is 2.44 bits per heavy atom. The Bertz CT molecular complexity index is 402. The normalized spacial score (nSPS) is 11.9. The van der Waals surface area contributed by atoms with E-state index in [9.17, 15) is 8.42 Å². The van der Waals surface area contributed by atoms with Gasteiger partial charge in [-0.3, -0.25) is 0 Å². The highest BCUT2D eigenvalue weighted by Gasteiger charge is 2.16.